The fourth-order valence-electron chi connectivity index (χ4n) is 2.81. The van der Waals surface area contributed by atoms with E-state index in [1.807, 2.05) is 30.3 Å². The summed E-state index contributed by atoms with van der Waals surface area (Å²) in [5, 5.41) is 16.8. The summed E-state index contributed by atoms with van der Waals surface area (Å²) in [7, 11) is 0. The van der Waals surface area contributed by atoms with Crippen molar-refractivity contribution in [1.82, 2.24) is 20.1 Å². The van der Waals surface area contributed by atoms with E-state index in [-0.39, 0.29) is 11.7 Å². The maximum atomic E-state index is 12.1. The van der Waals surface area contributed by atoms with Crippen LogP contribution in [0.1, 0.15) is 16.9 Å². The lowest BCUT2D eigenvalue weighted by Crippen LogP contribution is -2.22. The first-order valence-electron chi connectivity index (χ1n) is 7.82. The van der Waals surface area contributed by atoms with Crippen molar-refractivity contribution in [2.45, 2.75) is 13.0 Å². The number of phenols is 1. The summed E-state index contributed by atoms with van der Waals surface area (Å²) in [4.78, 5) is 16.4. The number of nitrogens with zero attached hydrogens (tertiary/aromatic N) is 3. The molecule has 0 bridgehead atoms. The maximum absolute atomic E-state index is 12.1. The van der Waals surface area contributed by atoms with Crippen LogP contribution in [-0.2, 0) is 6.54 Å². The molecule has 2 aromatic heterocycles. The molecule has 0 saturated heterocycles. The molecule has 120 valence electrons. The molecule has 0 unspecified atom stereocenters. The van der Waals surface area contributed by atoms with E-state index < -0.39 is 0 Å². The molecule has 3 heterocycles. The lowest BCUT2D eigenvalue weighted by Gasteiger charge is -2.03. The van der Waals surface area contributed by atoms with E-state index in [4.69, 9.17) is 0 Å². The Labute approximate surface area is 138 Å². The fraction of sp³-hybridized carbons (Fsp3) is 0.167. The van der Waals surface area contributed by atoms with Crippen LogP contribution >= 0.6 is 0 Å². The zero-order valence-electron chi connectivity index (χ0n) is 12.9. The van der Waals surface area contributed by atoms with Gasteiger partial charge in [0.1, 0.15) is 11.4 Å². The summed E-state index contributed by atoms with van der Waals surface area (Å²) in [6.45, 7) is 1.40. The van der Waals surface area contributed by atoms with Gasteiger partial charge in [-0.3, -0.25) is 14.5 Å². The number of nitrogens with one attached hydrogen (secondary N) is 1. The minimum absolute atomic E-state index is 0.0842. The number of aryl methyl sites for hydroxylation is 1. The molecular weight excluding hydrogens is 304 g/mol. The second kappa shape index (κ2) is 5.81. The number of benzene rings is 1. The van der Waals surface area contributed by atoms with Crippen LogP contribution in [-0.4, -0.2) is 32.3 Å². The van der Waals surface area contributed by atoms with Crippen LogP contribution in [0.5, 0.6) is 5.75 Å². The van der Waals surface area contributed by atoms with E-state index in [0.29, 0.717) is 12.2 Å². The minimum atomic E-state index is -0.0842. The van der Waals surface area contributed by atoms with Gasteiger partial charge >= 0.3 is 0 Å². The monoisotopic (exact) mass is 320 g/mol. The summed E-state index contributed by atoms with van der Waals surface area (Å²) in [5.41, 5.74) is 3.95. The van der Waals surface area contributed by atoms with Crippen LogP contribution in [0.15, 0.2) is 48.7 Å². The van der Waals surface area contributed by atoms with Crippen LogP contribution in [0.3, 0.4) is 0 Å². The number of hydrogen-bond acceptors (Lipinski definition) is 4. The van der Waals surface area contributed by atoms with Gasteiger partial charge in [0.05, 0.1) is 11.4 Å². The predicted octanol–water partition coefficient (Wildman–Crippen LogP) is 2.45. The fourth-order valence-corrected chi connectivity index (χ4v) is 2.81. The Hall–Kier alpha value is -3.15. The quantitative estimate of drug-likeness (QED) is 0.760. The zero-order valence-corrected chi connectivity index (χ0v) is 12.9. The third-order valence-corrected chi connectivity index (χ3v) is 4.06. The van der Waals surface area contributed by atoms with Gasteiger partial charge in [0.15, 0.2) is 0 Å². The number of carbonyl (C=O) groups is 1. The standard InChI is InChI=1S/C18H16N4O2/c23-14-4-2-12(3-5-14)15-10-13(6-8-19-15)16-11-17-18(24)20-7-1-9-22(17)21-16/h2-6,8,10-11,23H,1,7,9H2,(H,20,24). The number of fused-ring (bicyclic) bond motifs is 1. The zero-order chi connectivity index (χ0) is 16.5. The third-order valence-electron chi connectivity index (χ3n) is 4.06. The van der Waals surface area contributed by atoms with Gasteiger partial charge in [-0.2, -0.15) is 5.10 Å². The Bertz CT molecular complexity index is 900. The van der Waals surface area contributed by atoms with Crippen molar-refractivity contribution in [3.63, 3.8) is 0 Å². The second-order valence-electron chi connectivity index (χ2n) is 5.72. The Kier molecular flexibility index (Phi) is 3.49. The summed E-state index contributed by atoms with van der Waals surface area (Å²) >= 11 is 0. The Morgan fingerprint density at radius 1 is 1.04 bits per heavy atom. The summed E-state index contributed by atoms with van der Waals surface area (Å²) in [6, 6.07) is 12.5. The van der Waals surface area contributed by atoms with Crippen molar-refractivity contribution in [3.8, 4) is 28.3 Å². The molecule has 3 aromatic rings. The molecule has 24 heavy (non-hydrogen) atoms. The van der Waals surface area contributed by atoms with Crippen molar-refractivity contribution in [3.05, 3.63) is 54.4 Å². The molecule has 6 heteroatoms. The molecule has 1 aromatic carbocycles. The van der Waals surface area contributed by atoms with E-state index in [9.17, 15) is 9.90 Å². The molecule has 6 nitrogen and oxygen atoms in total. The van der Waals surface area contributed by atoms with Gasteiger partial charge in [-0.15, -0.1) is 0 Å². The largest absolute Gasteiger partial charge is 0.508 e. The molecular formula is C18H16N4O2. The van der Waals surface area contributed by atoms with Gasteiger partial charge < -0.3 is 10.4 Å². The van der Waals surface area contributed by atoms with Gasteiger partial charge in [0, 0.05) is 30.4 Å². The van der Waals surface area contributed by atoms with E-state index in [1.54, 1.807) is 23.0 Å². The van der Waals surface area contributed by atoms with Crippen LogP contribution in [0, 0.1) is 0 Å². The summed E-state index contributed by atoms with van der Waals surface area (Å²) in [5.74, 6) is 0.137. The molecule has 0 aliphatic carbocycles. The Balaban J connectivity index is 1.73. The van der Waals surface area contributed by atoms with Gasteiger partial charge in [0.2, 0.25) is 0 Å². The van der Waals surface area contributed by atoms with Crippen molar-refractivity contribution >= 4 is 5.91 Å². The molecule has 1 aliphatic rings. The second-order valence-corrected chi connectivity index (χ2v) is 5.72. The first-order valence-corrected chi connectivity index (χ1v) is 7.82. The van der Waals surface area contributed by atoms with Gasteiger partial charge in [0.25, 0.3) is 5.91 Å². The summed E-state index contributed by atoms with van der Waals surface area (Å²) in [6.07, 6.45) is 2.59. The maximum Gasteiger partial charge on any atom is 0.269 e. The molecule has 0 fully saturated rings. The van der Waals surface area contributed by atoms with Crippen molar-refractivity contribution < 1.29 is 9.90 Å². The lowest BCUT2D eigenvalue weighted by atomic mass is 10.1. The number of pyridine rings is 1. The normalized spacial score (nSPS) is 13.9. The van der Waals surface area contributed by atoms with E-state index >= 15 is 0 Å². The lowest BCUT2D eigenvalue weighted by molar-refractivity contribution is 0.0950. The molecule has 1 aliphatic heterocycles. The number of carbonyl (C=O) groups excluding carboxylic acids is 1. The number of phenolic OH excluding ortho intramolecular Hbond substituents is 1. The molecule has 2 N–H and O–H groups in total. The topological polar surface area (TPSA) is 80.0 Å². The number of hydrogen-bond donors (Lipinski definition) is 2. The Morgan fingerprint density at radius 3 is 2.71 bits per heavy atom. The van der Waals surface area contributed by atoms with Crippen molar-refractivity contribution in [2.75, 3.05) is 6.54 Å². The number of rotatable bonds is 2. The first-order chi connectivity index (χ1) is 11.7. The molecule has 4 rings (SSSR count). The van der Waals surface area contributed by atoms with Crippen LogP contribution in [0.25, 0.3) is 22.5 Å². The van der Waals surface area contributed by atoms with Crippen molar-refractivity contribution in [1.29, 1.82) is 0 Å². The average molecular weight is 320 g/mol. The Morgan fingerprint density at radius 2 is 1.88 bits per heavy atom. The summed E-state index contributed by atoms with van der Waals surface area (Å²) < 4.78 is 1.76. The molecule has 0 saturated carbocycles. The smallest absolute Gasteiger partial charge is 0.269 e. The van der Waals surface area contributed by atoms with E-state index in [2.05, 4.69) is 15.4 Å². The van der Waals surface area contributed by atoms with Gasteiger partial charge in [-0.25, -0.2) is 0 Å². The number of aromatic nitrogens is 3. The highest BCUT2D eigenvalue weighted by Gasteiger charge is 2.18. The highest BCUT2D eigenvalue weighted by molar-refractivity contribution is 5.94. The minimum Gasteiger partial charge on any atom is -0.508 e. The molecule has 0 atom stereocenters. The third kappa shape index (κ3) is 2.62. The van der Waals surface area contributed by atoms with Crippen LogP contribution in [0.4, 0.5) is 0 Å². The number of aromatic hydroxyl groups is 1. The van der Waals surface area contributed by atoms with E-state index in [1.165, 1.54) is 0 Å². The molecule has 1 amide bonds. The molecule has 0 spiro atoms. The number of amides is 1. The average Bonchev–Trinajstić information content (AvgIpc) is 2.96. The van der Waals surface area contributed by atoms with Gasteiger partial charge in [-0.05, 0) is 48.9 Å². The highest BCUT2D eigenvalue weighted by Crippen LogP contribution is 2.26. The highest BCUT2D eigenvalue weighted by atomic mass is 16.3. The van der Waals surface area contributed by atoms with E-state index in [0.717, 1.165) is 35.5 Å². The van der Waals surface area contributed by atoms with Gasteiger partial charge in [-0.1, -0.05) is 0 Å². The van der Waals surface area contributed by atoms with Crippen LogP contribution in [0.2, 0.25) is 0 Å². The SMILES string of the molecule is O=C1NCCCn2nc(-c3ccnc(-c4ccc(O)cc4)c3)cc21. The molecule has 0 radical (unpaired) electrons. The van der Waals surface area contributed by atoms with Crippen LogP contribution < -0.4 is 5.32 Å². The predicted molar refractivity (Wildman–Crippen MR) is 89.5 cm³/mol. The first kappa shape index (κ1) is 14.4. The van der Waals surface area contributed by atoms with Crippen molar-refractivity contribution in [2.24, 2.45) is 0 Å².